The van der Waals surface area contributed by atoms with Crippen LogP contribution in [0.25, 0.3) is 32.3 Å². The molecule has 0 saturated heterocycles. The standard InChI is InChI=1S/C22H20/c1-22(2,3)21-18-11-7-5-9-16(18)14-20-17-10-6-4-8-15(17)12-13-19(20)21/h4-14H,1-3H3. The number of benzene rings is 4. The molecule has 0 spiro atoms. The normalized spacial score (nSPS) is 12.3. The summed E-state index contributed by atoms with van der Waals surface area (Å²) in [5, 5.41) is 8.10. The highest BCUT2D eigenvalue weighted by Crippen LogP contribution is 2.39. The Morgan fingerprint density at radius 3 is 1.91 bits per heavy atom. The molecule has 0 aliphatic rings. The van der Waals surface area contributed by atoms with Gasteiger partial charge < -0.3 is 0 Å². The van der Waals surface area contributed by atoms with E-state index in [0.29, 0.717) is 0 Å². The molecule has 0 heteroatoms. The molecule has 22 heavy (non-hydrogen) atoms. The summed E-state index contributed by atoms with van der Waals surface area (Å²) in [5.74, 6) is 0. The van der Waals surface area contributed by atoms with Crippen molar-refractivity contribution in [3.8, 4) is 0 Å². The molecule has 0 aliphatic carbocycles. The second kappa shape index (κ2) is 4.58. The molecule has 0 atom stereocenters. The summed E-state index contributed by atoms with van der Waals surface area (Å²) in [6.07, 6.45) is 0. The SMILES string of the molecule is CC(C)(C)c1c2ccccc2cc2c1ccc1ccccc12. The van der Waals surface area contributed by atoms with Gasteiger partial charge in [-0.2, -0.15) is 0 Å². The van der Waals surface area contributed by atoms with Crippen LogP contribution >= 0.6 is 0 Å². The summed E-state index contributed by atoms with van der Waals surface area (Å²) in [7, 11) is 0. The maximum absolute atomic E-state index is 2.35. The Morgan fingerprint density at radius 2 is 1.18 bits per heavy atom. The highest BCUT2D eigenvalue weighted by atomic mass is 14.2. The van der Waals surface area contributed by atoms with Crippen LogP contribution < -0.4 is 0 Å². The van der Waals surface area contributed by atoms with Gasteiger partial charge in [-0.1, -0.05) is 81.4 Å². The third-order valence-electron chi connectivity index (χ3n) is 4.52. The van der Waals surface area contributed by atoms with E-state index in [1.54, 1.807) is 0 Å². The average Bonchev–Trinajstić information content (AvgIpc) is 2.51. The van der Waals surface area contributed by atoms with Crippen molar-refractivity contribution in [1.82, 2.24) is 0 Å². The molecule has 0 amide bonds. The number of fused-ring (bicyclic) bond motifs is 4. The van der Waals surface area contributed by atoms with Gasteiger partial charge in [-0.3, -0.25) is 0 Å². The fraction of sp³-hybridized carbons (Fsp3) is 0.182. The molecule has 4 aromatic rings. The van der Waals surface area contributed by atoms with E-state index in [9.17, 15) is 0 Å². The van der Waals surface area contributed by atoms with Crippen LogP contribution in [0.1, 0.15) is 26.3 Å². The van der Waals surface area contributed by atoms with E-state index in [1.807, 2.05) is 0 Å². The molecular weight excluding hydrogens is 264 g/mol. The highest BCUT2D eigenvalue weighted by molar-refractivity contribution is 6.14. The highest BCUT2D eigenvalue weighted by Gasteiger charge is 2.20. The Bertz CT molecular complexity index is 1000. The molecular formula is C22H20. The molecule has 0 radical (unpaired) electrons. The third-order valence-corrected chi connectivity index (χ3v) is 4.52. The van der Waals surface area contributed by atoms with Crippen LogP contribution in [0, 0.1) is 0 Å². The van der Waals surface area contributed by atoms with Crippen LogP contribution in [0.4, 0.5) is 0 Å². The molecule has 108 valence electrons. The minimum atomic E-state index is 0.113. The maximum Gasteiger partial charge on any atom is -0.00960 e. The van der Waals surface area contributed by atoms with Gasteiger partial charge in [0.05, 0.1) is 0 Å². The predicted molar refractivity (Wildman–Crippen MR) is 97.7 cm³/mol. The van der Waals surface area contributed by atoms with E-state index in [-0.39, 0.29) is 5.41 Å². The first-order valence-corrected chi connectivity index (χ1v) is 7.89. The molecule has 0 heterocycles. The first kappa shape index (κ1) is 13.3. The second-order valence-corrected chi connectivity index (χ2v) is 7.10. The Labute approximate surface area is 131 Å². The zero-order chi connectivity index (χ0) is 15.3. The van der Waals surface area contributed by atoms with Gasteiger partial charge in [0.1, 0.15) is 0 Å². The topological polar surface area (TPSA) is 0 Å². The molecule has 0 unspecified atom stereocenters. The van der Waals surface area contributed by atoms with Crippen LogP contribution in [-0.2, 0) is 5.41 Å². The maximum atomic E-state index is 2.35. The van der Waals surface area contributed by atoms with Crippen LogP contribution in [0.3, 0.4) is 0 Å². The summed E-state index contributed by atoms with van der Waals surface area (Å²) < 4.78 is 0. The van der Waals surface area contributed by atoms with Crippen molar-refractivity contribution >= 4 is 32.3 Å². The molecule has 0 nitrogen and oxygen atoms in total. The molecule has 0 aliphatic heterocycles. The molecule has 0 bridgehead atoms. The summed E-state index contributed by atoms with van der Waals surface area (Å²) >= 11 is 0. The van der Waals surface area contributed by atoms with E-state index in [2.05, 4.69) is 87.5 Å². The summed E-state index contributed by atoms with van der Waals surface area (Å²) in [4.78, 5) is 0. The van der Waals surface area contributed by atoms with E-state index in [4.69, 9.17) is 0 Å². The molecule has 0 saturated carbocycles. The Balaban J connectivity index is 2.31. The molecule has 0 aromatic heterocycles. The molecule has 0 N–H and O–H groups in total. The molecule has 4 rings (SSSR count). The zero-order valence-electron chi connectivity index (χ0n) is 13.4. The van der Waals surface area contributed by atoms with Crippen LogP contribution in [0.5, 0.6) is 0 Å². The van der Waals surface area contributed by atoms with Gasteiger partial charge in [-0.05, 0) is 49.4 Å². The van der Waals surface area contributed by atoms with Crippen LogP contribution in [-0.4, -0.2) is 0 Å². The van der Waals surface area contributed by atoms with Gasteiger partial charge in [0.25, 0.3) is 0 Å². The lowest BCUT2D eigenvalue weighted by Gasteiger charge is -2.24. The van der Waals surface area contributed by atoms with Crippen molar-refractivity contribution in [2.24, 2.45) is 0 Å². The van der Waals surface area contributed by atoms with Crippen LogP contribution in [0.2, 0.25) is 0 Å². The first-order chi connectivity index (χ1) is 10.6. The number of rotatable bonds is 0. The Morgan fingerprint density at radius 1 is 0.545 bits per heavy atom. The van der Waals surface area contributed by atoms with Gasteiger partial charge in [0.2, 0.25) is 0 Å². The van der Waals surface area contributed by atoms with Crippen molar-refractivity contribution < 1.29 is 0 Å². The predicted octanol–water partition coefficient (Wildman–Crippen LogP) is 6.44. The average molecular weight is 284 g/mol. The Hall–Kier alpha value is -2.34. The summed E-state index contributed by atoms with van der Waals surface area (Å²) in [5.41, 5.74) is 1.56. The van der Waals surface area contributed by atoms with Crippen LogP contribution in [0.15, 0.2) is 66.7 Å². The minimum absolute atomic E-state index is 0.113. The van der Waals surface area contributed by atoms with Crippen molar-refractivity contribution in [2.75, 3.05) is 0 Å². The lowest BCUT2D eigenvalue weighted by Crippen LogP contribution is -2.12. The van der Waals surface area contributed by atoms with E-state index >= 15 is 0 Å². The number of hydrogen-bond acceptors (Lipinski definition) is 0. The largest absolute Gasteiger partial charge is 0.0616 e. The fourth-order valence-corrected chi connectivity index (χ4v) is 3.63. The lowest BCUT2D eigenvalue weighted by molar-refractivity contribution is 0.601. The molecule has 0 fully saturated rings. The summed E-state index contributed by atoms with van der Waals surface area (Å²) in [6.45, 7) is 6.93. The Kier molecular flexibility index (Phi) is 2.77. The smallest absolute Gasteiger partial charge is 0.00960 e. The van der Waals surface area contributed by atoms with Gasteiger partial charge in [-0.15, -0.1) is 0 Å². The van der Waals surface area contributed by atoms with Crippen molar-refractivity contribution in [2.45, 2.75) is 26.2 Å². The zero-order valence-corrected chi connectivity index (χ0v) is 13.4. The van der Waals surface area contributed by atoms with Crippen molar-refractivity contribution in [3.05, 3.63) is 72.3 Å². The molecule has 4 aromatic carbocycles. The first-order valence-electron chi connectivity index (χ1n) is 7.89. The van der Waals surface area contributed by atoms with Gasteiger partial charge in [-0.25, -0.2) is 0 Å². The minimum Gasteiger partial charge on any atom is -0.0616 e. The van der Waals surface area contributed by atoms with E-state index in [1.165, 1.54) is 37.9 Å². The summed E-state index contributed by atoms with van der Waals surface area (Å²) in [6, 6.07) is 24.3. The van der Waals surface area contributed by atoms with Gasteiger partial charge >= 0.3 is 0 Å². The van der Waals surface area contributed by atoms with Crippen molar-refractivity contribution in [1.29, 1.82) is 0 Å². The third kappa shape index (κ3) is 1.91. The lowest BCUT2D eigenvalue weighted by atomic mass is 9.79. The van der Waals surface area contributed by atoms with Gasteiger partial charge in [0.15, 0.2) is 0 Å². The fourth-order valence-electron chi connectivity index (χ4n) is 3.63. The second-order valence-electron chi connectivity index (χ2n) is 7.10. The number of hydrogen-bond donors (Lipinski definition) is 0. The van der Waals surface area contributed by atoms with E-state index < -0.39 is 0 Å². The van der Waals surface area contributed by atoms with Crippen molar-refractivity contribution in [3.63, 3.8) is 0 Å². The monoisotopic (exact) mass is 284 g/mol. The quantitative estimate of drug-likeness (QED) is 0.257. The van der Waals surface area contributed by atoms with Gasteiger partial charge in [0, 0.05) is 0 Å². The van der Waals surface area contributed by atoms with E-state index in [0.717, 1.165) is 0 Å².